The van der Waals surface area contributed by atoms with Gasteiger partial charge in [0.2, 0.25) is 0 Å². The minimum atomic E-state index is -0.130. The lowest BCUT2D eigenvalue weighted by atomic mass is 10.0. The van der Waals surface area contributed by atoms with Crippen LogP contribution in [-0.2, 0) is 0 Å². The highest BCUT2D eigenvalue weighted by Crippen LogP contribution is 2.31. The highest BCUT2D eigenvalue weighted by molar-refractivity contribution is 5.39. The number of aryl methyl sites for hydroxylation is 1. The van der Waals surface area contributed by atoms with Gasteiger partial charge in [-0.1, -0.05) is 12.1 Å². The third-order valence-electron chi connectivity index (χ3n) is 2.99. The molecule has 0 spiro atoms. The van der Waals surface area contributed by atoms with E-state index in [1.165, 1.54) is 18.4 Å². The lowest BCUT2D eigenvalue weighted by molar-refractivity contribution is 0.295. The number of benzene rings is 1. The Morgan fingerprint density at radius 3 is 2.81 bits per heavy atom. The van der Waals surface area contributed by atoms with Crippen LogP contribution in [0.25, 0.3) is 0 Å². The van der Waals surface area contributed by atoms with Gasteiger partial charge in [-0.15, -0.1) is 0 Å². The molecular weight excluding hydrogens is 200 g/mol. The second-order valence-corrected chi connectivity index (χ2v) is 4.64. The van der Waals surface area contributed by atoms with E-state index in [4.69, 9.17) is 16.2 Å². The predicted molar refractivity (Wildman–Crippen MR) is 65.4 cm³/mol. The average Bonchev–Trinajstić information content (AvgIpc) is 3.09. The Hall–Kier alpha value is -1.06. The van der Waals surface area contributed by atoms with Gasteiger partial charge in [0, 0.05) is 18.2 Å². The monoisotopic (exact) mass is 220 g/mol. The van der Waals surface area contributed by atoms with Crippen molar-refractivity contribution < 1.29 is 4.74 Å². The topological polar surface area (TPSA) is 61.3 Å². The molecule has 1 aromatic rings. The zero-order valence-corrected chi connectivity index (χ0v) is 9.78. The van der Waals surface area contributed by atoms with Crippen LogP contribution in [-0.4, -0.2) is 13.2 Å². The third kappa shape index (κ3) is 2.74. The molecule has 1 fully saturated rings. The highest BCUT2D eigenvalue weighted by atomic mass is 16.5. The van der Waals surface area contributed by atoms with Gasteiger partial charge in [-0.3, -0.25) is 0 Å². The summed E-state index contributed by atoms with van der Waals surface area (Å²) >= 11 is 0. The largest absolute Gasteiger partial charge is 0.493 e. The van der Waals surface area contributed by atoms with Crippen molar-refractivity contribution in [3.8, 4) is 5.75 Å². The van der Waals surface area contributed by atoms with Crippen LogP contribution in [0.5, 0.6) is 5.75 Å². The van der Waals surface area contributed by atoms with Crippen LogP contribution in [0.3, 0.4) is 0 Å². The Labute approximate surface area is 96.8 Å². The lowest BCUT2D eigenvalue weighted by Crippen LogP contribution is -2.21. The van der Waals surface area contributed by atoms with E-state index in [0.717, 1.165) is 23.8 Å². The molecule has 0 radical (unpaired) electrons. The summed E-state index contributed by atoms with van der Waals surface area (Å²) in [5.74, 6) is 1.66. The zero-order valence-electron chi connectivity index (χ0n) is 9.78. The summed E-state index contributed by atoms with van der Waals surface area (Å²) in [4.78, 5) is 0. The SMILES string of the molecule is Cc1ccc(C(N)CN)c(OCC2CC2)c1. The van der Waals surface area contributed by atoms with E-state index in [1.54, 1.807) is 0 Å². The fourth-order valence-electron chi connectivity index (χ4n) is 1.69. The normalized spacial score (nSPS) is 17.2. The van der Waals surface area contributed by atoms with Crippen molar-refractivity contribution in [2.75, 3.05) is 13.2 Å². The zero-order chi connectivity index (χ0) is 11.5. The first-order valence-electron chi connectivity index (χ1n) is 5.89. The Bertz CT molecular complexity index is 361. The predicted octanol–water partition coefficient (Wildman–Crippen LogP) is 1.74. The van der Waals surface area contributed by atoms with Gasteiger partial charge < -0.3 is 16.2 Å². The minimum Gasteiger partial charge on any atom is -0.493 e. The summed E-state index contributed by atoms with van der Waals surface area (Å²) < 4.78 is 5.83. The minimum absolute atomic E-state index is 0.130. The van der Waals surface area contributed by atoms with Crippen molar-refractivity contribution in [3.05, 3.63) is 29.3 Å². The lowest BCUT2D eigenvalue weighted by Gasteiger charge is -2.16. The maximum atomic E-state index is 5.96. The van der Waals surface area contributed by atoms with Crippen molar-refractivity contribution in [2.45, 2.75) is 25.8 Å². The quantitative estimate of drug-likeness (QED) is 0.794. The molecule has 1 saturated carbocycles. The van der Waals surface area contributed by atoms with E-state index in [0.29, 0.717) is 6.54 Å². The Morgan fingerprint density at radius 1 is 1.44 bits per heavy atom. The average molecular weight is 220 g/mol. The van der Waals surface area contributed by atoms with Crippen molar-refractivity contribution in [2.24, 2.45) is 17.4 Å². The third-order valence-corrected chi connectivity index (χ3v) is 2.99. The van der Waals surface area contributed by atoms with Crippen LogP contribution < -0.4 is 16.2 Å². The summed E-state index contributed by atoms with van der Waals surface area (Å²) in [6.45, 7) is 3.32. The second-order valence-electron chi connectivity index (χ2n) is 4.64. The van der Waals surface area contributed by atoms with Gasteiger partial charge in [-0.2, -0.15) is 0 Å². The first kappa shape index (κ1) is 11.4. The van der Waals surface area contributed by atoms with E-state index in [1.807, 2.05) is 12.1 Å². The highest BCUT2D eigenvalue weighted by Gasteiger charge is 2.22. The standard InChI is InChI=1S/C13H20N2O/c1-9-2-5-11(12(15)7-14)13(6-9)16-8-10-3-4-10/h2,5-6,10,12H,3-4,7-8,14-15H2,1H3. The number of ether oxygens (including phenoxy) is 1. The second kappa shape index (κ2) is 4.85. The molecule has 0 aromatic heterocycles. The van der Waals surface area contributed by atoms with Crippen LogP contribution in [0.1, 0.15) is 30.0 Å². The van der Waals surface area contributed by atoms with E-state index in [2.05, 4.69) is 13.0 Å². The van der Waals surface area contributed by atoms with Crippen molar-refractivity contribution >= 4 is 0 Å². The van der Waals surface area contributed by atoms with Crippen LogP contribution in [0.4, 0.5) is 0 Å². The van der Waals surface area contributed by atoms with E-state index >= 15 is 0 Å². The molecule has 0 amide bonds. The molecule has 0 bridgehead atoms. The molecule has 0 heterocycles. The Balaban J connectivity index is 2.13. The molecule has 3 heteroatoms. The molecular formula is C13H20N2O. The Kier molecular flexibility index (Phi) is 3.46. The van der Waals surface area contributed by atoms with Gasteiger partial charge in [0.25, 0.3) is 0 Å². The molecule has 3 nitrogen and oxygen atoms in total. The fraction of sp³-hybridized carbons (Fsp3) is 0.538. The summed E-state index contributed by atoms with van der Waals surface area (Å²) in [6.07, 6.45) is 2.59. The summed E-state index contributed by atoms with van der Waals surface area (Å²) in [5, 5.41) is 0. The summed E-state index contributed by atoms with van der Waals surface area (Å²) in [5.41, 5.74) is 13.8. The van der Waals surface area contributed by atoms with Crippen molar-refractivity contribution in [1.29, 1.82) is 0 Å². The number of hydrogen-bond acceptors (Lipinski definition) is 3. The molecule has 1 aliphatic rings. The molecule has 1 unspecified atom stereocenters. The molecule has 88 valence electrons. The molecule has 1 aromatic carbocycles. The molecule has 16 heavy (non-hydrogen) atoms. The van der Waals surface area contributed by atoms with Crippen LogP contribution in [0, 0.1) is 12.8 Å². The van der Waals surface area contributed by atoms with Gasteiger partial charge in [0.05, 0.1) is 6.61 Å². The van der Waals surface area contributed by atoms with Crippen molar-refractivity contribution in [3.63, 3.8) is 0 Å². The smallest absolute Gasteiger partial charge is 0.124 e. The van der Waals surface area contributed by atoms with Crippen molar-refractivity contribution in [1.82, 2.24) is 0 Å². The molecule has 1 atom stereocenters. The van der Waals surface area contributed by atoms with Gasteiger partial charge >= 0.3 is 0 Å². The number of hydrogen-bond donors (Lipinski definition) is 2. The fourth-order valence-corrected chi connectivity index (χ4v) is 1.69. The van der Waals surface area contributed by atoms with Gasteiger partial charge in [0.15, 0.2) is 0 Å². The molecule has 0 aliphatic heterocycles. The van der Waals surface area contributed by atoms with Crippen LogP contribution >= 0.6 is 0 Å². The molecule has 1 aliphatic carbocycles. The number of rotatable bonds is 5. The van der Waals surface area contributed by atoms with Gasteiger partial charge in [-0.05, 0) is 37.3 Å². The molecule has 4 N–H and O–H groups in total. The van der Waals surface area contributed by atoms with Gasteiger partial charge in [0.1, 0.15) is 5.75 Å². The maximum absolute atomic E-state index is 5.96. The molecule has 2 rings (SSSR count). The Morgan fingerprint density at radius 2 is 2.19 bits per heavy atom. The number of nitrogens with two attached hydrogens (primary N) is 2. The summed E-state index contributed by atoms with van der Waals surface area (Å²) in [7, 11) is 0. The maximum Gasteiger partial charge on any atom is 0.124 e. The summed E-state index contributed by atoms with van der Waals surface area (Å²) in [6, 6.07) is 5.99. The van der Waals surface area contributed by atoms with E-state index < -0.39 is 0 Å². The van der Waals surface area contributed by atoms with Gasteiger partial charge in [-0.25, -0.2) is 0 Å². The van der Waals surface area contributed by atoms with E-state index in [9.17, 15) is 0 Å². The molecule has 0 saturated heterocycles. The first-order valence-corrected chi connectivity index (χ1v) is 5.89. The van der Waals surface area contributed by atoms with Crippen LogP contribution in [0.2, 0.25) is 0 Å². The van der Waals surface area contributed by atoms with E-state index in [-0.39, 0.29) is 6.04 Å². The van der Waals surface area contributed by atoms with Crippen LogP contribution in [0.15, 0.2) is 18.2 Å². The first-order chi connectivity index (χ1) is 7.70.